The molecule has 0 fully saturated rings. The van der Waals surface area contributed by atoms with E-state index in [1.54, 1.807) is 6.07 Å². The van der Waals surface area contributed by atoms with Gasteiger partial charge >= 0.3 is 5.97 Å². The van der Waals surface area contributed by atoms with Crippen molar-refractivity contribution in [1.29, 1.82) is 0 Å². The Labute approximate surface area is 173 Å². The van der Waals surface area contributed by atoms with Gasteiger partial charge in [0, 0.05) is 28.7 Å². The highest BCUT2D eigenvalue weighted by atomic mass is 32.2. The number of fused-ring (bicyclic) bond motifs is 4. The van der Waals surface area contributed by atoms with Crippen molar-refractivity contribution in [3.8, 4) is 0 Å². The summed E-state index contributed by atoms with van der Waals surface area (Å²) in [7, 11) is -3.88. The number of sulfone groups is 1. The van der Waals surface area contributed by atoms with E-state index in [1.807, 2.05) is 13.8 Å². The summed E-state index contributed by atoms with van der Waals surface area (Å²) in [6.07, 6.45) is 5.03. The zero-order chi connectivity index (χ0) is 21.4. The summed E-state index contributed by atoms with van der Waals surface area (Å²) in [6.45, 7) is 4.01. The number of esters is 1. The van der Waals surface area contributed by atoms with Crippen LogP contribution >= 0.6 is 0 Å². The minimum atomic E-state index is -3.88. The molecule has 1 unspecified atom stereocenters. The standard InChI is InChI=1S/C22H19NO6S/c1-11-4-3-5-22(2)15-9-13-12(8-14(15)21(26)29-10-16(11)22)19(25)20-17(18(13)24)23-6-7-30(20,27)28/h4,8-10,23H,3,5-7H2,1-2H3. The molecule has 2 aliphatic heterocycles. The molecular formula is C22H19NO6S. The van der Waals surface area contributed by atoms with Crippen LogP contribution in [0.1, 0.15) is 63.3 Å². The minimum Gasteiger partial charge on any atom is -0.431 e. The Balaban J connectivity index is 1.78. The molecule has 1 aromatic carbocycles. The van der Waals surface area contributed by atoms with Gasteiger partial charge in [0.1, 0.15) is 10.6 Å². The fourth-order valence-corrected chi connectivity index (χ4v) is 6.32. The molecule has 0 radical (unpaired) electrons. The number of cyclic esters (lactones) is 1. The summed E-state index contributed by atoms with van der Waals surface area (Å²) in [5, 5.41) is 2.79. The van der Waals surface area contributed by atoms with Crippen LogP contribution in [0.25, 0.3) is 0 Å². The quantitative estimate of drug-likeness (QED) is 0.636. The van der Waals surface area contributed by atoms with E-state index >= 15 is 0 Å². The van der Waals surface area contributed by atoms with Gasteiger partial charge in [0.2, 0.25) is 11.6 Å². The van der Waals surface area contributed by atoms with Crippen LogP contribution in [0.4, 0.5) is 0 Å². The molecule has 8 heteroatoms. The van der Waals surface area contributed by atoms with Crippen molar-refractivity contribution in [2.75, 3.05) is 12.3 Å². The number of allylic oxidation sites excluding steroid dienone is 5. The number of ketones is 2. The molecule has 0 saturated heterocycles. The van der Waals surface area contributed by atoms with Crippen molar-refractivity contribution in [3.05, 3.63) is 68.5 Å². The van der Waals surface area contributed by atoms with Gasteiger partial charge < -0.3 is 10.1 Å². The molecule has 30 heavy (non-hydrogen) atoms. The number of Topliss-reactive ketones (excluding diaryl/α,β-unsaturated/α-hetero) is 2. The molecule has 2 heterocycles. The lowest BCUT2D eigenvalue weighted by Crippen LogP contribution is -2.41. The molecule has 154 valence electrons. The smallest absolute Gasteiger partial charge is 0.343 e. The van der Waals surface area contributed by atoms with Crippen LogP contribution in [0.15, 0.2) is 46.2 Å². The maximum Gasteiger partial charge on any atom is 0.343 e. The van der Waals surface area contributed by atoms with E-state index < -0.39 is 37.7 Å². The van der Waals surface area contributed by atoms with Gasteiger partial charge in [0.05, 0.1) is 17.6 Å². The van der Waals surface area contributed by atoms with Crippen LogP contribution in [0, 0.1) is 0 Å². The third-order valence-corrected chi connectivity index (χ3v) is 8.26. The topological polar surface area (TPSA) is 107 Å². The number of rotatable bonds is 0. The van der Waals surface area contributed by atoms with Crippen LogP contribution in [0.3, 0.4) is 0 Å². The van der Waals surface area contributed by atoms with Crippen molar-refractivity contribution in [2.45, 2.75) is 32.1 Å². The lowest BCUT2D eigenvalue weighted by atomic mass is 9.66. The maximum atomic E-state index is 13.2. The third-order valence-electron chi connectivity index (χ3n) is 6.50. The fourth-order valence-electron chi connectivity index (χ4n) is 4.88. The fraction of sp³-hybridized carbons (Fsp3) is 0.318. The largest absolute Gasteiger partial charge is 0.431 e. The molecule has 5 rings (SSSR count). The molecule has 0 aromatic heterocycles. The number of benzene rings is 1. The van der Waals surface area contributed by atoms with Crippen molar-refractivity contribution in [2.24, 2.45) is 0 Å². The third kappa shape index (κ3) is 2.37. The first-order valence-electron chi connectivity index (χ1n) is 9.73. The first kappa shape index (κ1) is 19.0. The zero-order valence-corrected chi connectivity index (χ0v) is 17.3. The average molecular weight is 425 g/mol. The van der Waals surface area contributed by atoms with E-state index in [-0.39, 0.29) is 34.7 Å². The van der Waals surface area contributed by atoms with E-state index in [9.17, 15) is 22.8 Å². The van der Waals surface area contributed by atoms with Crippen LogP contribution in [0.5, 0.6) is 0 Å². The molecule has 2 aliphatic carbocycles. The first-order valence-corrected chi connectivity index (χ1v) is 11.4. The molecule has 0 saturated carbocycles. The second kappa shape index (κ2) is 6.01. The summed E-state index contributed by atoms with van der Waals surface area (Å²) in [6, 6.07) is 2.91. The monoisotopic (exact) mass is 425 g/mol. The predicted molar refractivity (Wildman–Crippen MR) is 108 cm³/mol. The summed E-state index contributed by atoms with van der Waals surface area (Å²) in [5.41, 5.74) is 1.95. The highest BCUT2D eigenvalue weighted by molar-refractivity contribution is 7.96. The Bertz CT molecular complexity index is 1280. The average Bonchev–Trinajstić information content (AvgIpc) is 2.80. The van der Waals surface area contributed by atoms with Crippen molar-refractivity contribution in [1.82, 2.24) is 5.32 Å². The van der Waals surface area contributed by atoms with Gasteiger partial charge in [0.15, 0.2) is 9.84 Å². The SMILES string of the molecule is CC1=CCCC2(C)C1=COC(=O)c1cc3c(cc12)C(=O)C1=C(C3=O)S(=O)(=O)CCN1. The second-order valence-corrected chi connectivity index (χ2v) is 10.3. The predicted octanol–water partition coefficient (Wildman–Crippen LogP) is 2.35. The Morgan fingerprint density at radius 3 is 2.57 bits per heavy atom. The molecule has 1 aromatic rings. The molecule has 0 bridgehead atoms. The minimum absolute atomic E-state index is 0.0708. The highest BCUT2D eigenvalue weighted by Crippen LogP contribution is 2.47. The van der Waals surface area contributed by atoms with E-state index in [0.29, 0.717) is 12.0 Å². The van der Waals surface area contributed by atoms with E-state index in [2.05, 4.69) is 11.4 Å². The Kier molecular flexibility index (Phi) is 3.80. The number of carbonyl (C=O) groups excluding carboxylic acids is 3. The molecule has 7 nitrogen and oxygen atoms in total. The molecule has 1 atom stereocenters. The Morgan fingerprint density at radius 2 is 1.80 bits per heavy atom. The summed E-state index contributed by atoms with van der Waals surface area (Å²) in [5.74, 6) is -2.19. The molecular weight excluding hydrogens is 406 g/mol. The zero-order valence-electron chi connectivity index (χ0n) is 16.5. The highest BCUT2D eigenvalue weighted by Gasteiger charge is 2.45. The van der Waals surface area contributed by atoms with E-state index in [0.717, 1.165) is 17.6 Å². The van der Waals surface area contributed by atoms with Gasteiger partial charge in [-0.3, -0.25) is 9.59 Å². The van der Waals surface area contributed by atoms with Gasteiger partial charge in [-0.15, -0.1) is 0 Å². The second-order valence-electron chi connectivity index (χ2n) is 8.25. The van der Waals surface area contributed by atoms with Gasteiger partial charge in [-0.05, 0) is 43.0 Å². The van der Waals surface area contributed by atoms with Crippen LogP contribution in [-0.4, -0.2) is 38.3 Å². The normalized spacial score (nSPS) is 26.8. The lowest BCUT2D eigenvalue weighted by Gasteiger charge is -2.36. The van der Waals surface area contributed by atoms with Gasteiger partial charge in [-0.25, -0.2) is 13.2 Å². The maximum absolute atomic E-state index is 13.2. The Hall–Kier alpha value is -3.00. The van der Waals surface area contributed by atoms with Crippen molar-refractivity contribution in [3.63, 3.8) is 0 Å². The Morgan fingerprint density at radius 1 is 1.07 bits per heavy atom. The van der Waals surface area contributed by atoms with Crippen molar-refractivity contribution >= 4 is 27.4 Å². The van der Waals surface area contributed by atoms with Gasteiger partial charge in [-0.2, -0.15) is 0 Å². The van der Waals surface area contributed by atoms with Crippen molar-refractivity contribution < 1.29 is 27.5 Å². The number of carbonyl (C=O) groups is 3. The van der Waals surface area contributed by atoms with Crippen LogP contribution in [0.2, 0.25) is 0 Å². The van der Waals surface area contributed by atoms with Crippen LogP contribution in [-0.2, 0) is 20.0 Å². The molecule has 0 spiro atoms. The first-order chi connectivity index (χ1) is 14.1. The summed E-state index contributed by atoms with van der Waals surface area (Å²) < 4.78 is 30.3. The van der Waals surface area contributed by atoms with Gasteiger partial charge in [0.25, 0.3) is 0 Å². The lowest BCUT2D eigenvalue weighted by molar-refractivity contribution is 0.0663. The summed E-state index contributed by atoms with van der Waals surface area (Å²) >= 11 is 0. The number of ether oxygens (including phenoxy) is 1. The number of hydrogen-bond donors (Lipinski definition) is 1. The number of hydrogen-bond acceptors (Lipinski definition) is 7. The molecule has 0 amide bonds. The van der Waals surface area contributed by atoms with E-state index in [1.165, 1.54) is 12.3 Å². The summed E-state index contributed by atoms with van der Waals surface area (Å²) in [4.78, 5) is 38.5. The molecule has 1 N–H and O–H groups in total. The van der Waals surface area contributed by atoms with Gasteiger partial charge in [-0.1, -0.05) is 13.0 Å². The molecule has 4 aliphatic rings. The van der Waals surface area contributed by atoms with E-state index in [4.69, 9.17) is 4.74 Å². The number of nitrogens with one attached hydrogen (secondary N) is 1. The van der Waals surface area contributed by atoms with Crippen LogP contribution < -0.4 is 5.32 Å².